The van der Waals surface area contributed by atoms with Gasteiger partial charge in [-0.1, -0.05) is 19.9 Å². The van der Waals surface area contributed by atoms with Crippen LogP contribution in [-0.4, -0.2) is 9.78 Å². The minimum absolute atomic E-state index is 0.417. The van der Waals surface area contributed by atoms with E-state index < -0.39 is 0 Å². The van der Waals surface area contributed by atoms with Crippen LogP contribution in [0.25, 0.3) is 0 Å². The summed E-state index contributed by atoms with van der Waals surface area (Å²) < 4.78 is 2.08. The number of rotatable bonds is 6. The number of aryl methyl sites for hydroxylation is 2. The molecule has 0 aliphatic heterocycles. The van der Waals surface area contributed by atoms with Crippen molar-refractivity contribution in [2.75, 3.05) is 0 Å². The Morgan fingerprint density at radius 3 is 2.79 bits per heavy atom. The third-order valence-corrected chi connectivity index (χ3v) is 4.26. The molecule has 2 aromatic rings. The summed E-state index contributed by atoms with van der Waals surface area (Å²) in [5.41, 5.74) is 2.36. The second-order valence-corrected chi connectivity index (χ2v) is 6.19. The van der Waals surface area contributed by atoms with Gasteiger partial charge in [0.15, 0.2) is 0 Å². The zero-order valence-electron chi connectivity index (χ0n) is 12.2. The largest absolute Gasteiger partial charge is 0.303 e. The summed E-state index contributed by atoms with van der Waals surface area (Å²) in [4.78, 5) is 1.41. The lowest BCUT2D eigenvalue weighted by atomic mass is 10.0. The molecule has 2 aromatic heterocycles. The predicted molar refractivity (Wildman–Crippen MR) is 81.4 cm³/mol. The number of thiophene rings is 1. The lowest BCUT2D eigenvalue weighted by Gasteiger charge is -2.21. The molecule has 3 nitrogen and oxygen atoms in total. The van der Waals surface area contributed by atoms with E-state index in [0.717, 1.165) is 18.8 Å². The Morgan fingerprint density at radius 1 is 1.42 bits per heavy atom. The smallest absolute Gasteiger partial charge is 0.0597 e. The molecule has 0 radical (unpaired) electrons. The first-order valence-electron chi connectivity index (χ1n) is 6.92. The van der Waals surface area contributed by atoms with E-state index in [9.17, 15) is 0 Å². The minimum atomic E-state index is 0.417. The lowest BCUT2D eigenvalue weighted by molar-refractivity contribution is 0.408. The van der Waals surface area contributed by atoms with E-state index in [2.05, 4.69) is 66.4 Å². The Balaban J connectivity index is 2.07. The third-order valence-electron chi connectivity index (χ3n) is 3.30. The highest BCUT2D eigenvalue weighted by atomic mass is 32.1. The normalized spacial score (nSPS) is 13.1. The van der Waals surface area contributed by atoms with E-state index in [-0.39, 0.29) is 0 Å². The van der Waals surface area contributed by atoms with Gasteiger partial charge in [0, 0.05) is 24.0 Å². The Morgan fingerprint density at radius 2 is 2.21 bits per heavy atom. The van der Waals surface area contributed by atoms with Gasteiger partial charge in [0.2, 0.25) is 0 Å². The second-order valence-electron chi connectivity index (χ2n) is 5.21. The van der Waals surface area contributed by atoms with Crippen molar-refractivity contribution in [1.82, 2.24) is 15.1 Å². The SMILES string of the molecule is CCn1nc(C)cc1CNC(c1cccs1)C(C)C. The van der Waals surface area contributed by atoms with Crippen LogP contribution in [0, 0.1) is 12.8 Å². The fourth-order valence-electron chi connectivity index (χ4n) is 2.36. The first kappa shape index (κ1) is 14.3. The van der Waals surface area contributed by atoms with Gasteiger partial charge in [0.1, 0.15) is 0 Å². The van der Waals surface area contributed by atoms with E-state index in [4.69, 9.17) is 0 Å². The Labute approximate surface area is 119 Å². The quantitative estimate of drug-likeness (QED) is 0.871. The van der Waals surface area contributed by atoms with Gasteiger partial charge < -0.3 is 5.32 Å². The van der Waals surface area contributed by atoms with Crippen molar-refractivity contribution >= 4 is 11.3 Å². The van der Waals surface area contributed by atoms with Gasteiger partial charge in [-0.2, -0.15) is 5.10 Å². The van der Waals surface area contributed by atoms with Crippen molar-refractivity contribution in [1.29, 1.82) is 0 Å². The van der Waals surface area contributed by atoms with Crippen molar-refractivity contribution in [3.05, 3.63) is 39.8 Å². The van der Waals surface area contributed by atoms with Crippen LogP contribution in [0.3, 0.4) is 0 Å². The maximum Gasteiger partial charge on any atom is 0.0597 e. The molecule has 0 saturated carbocycles. The highest BCUT2D eigenvalue weighted by Gasteiger charge is 2.17. The summed E-state index contributed by atoms with van der Waals surface area (Å²) in [6.45, 7) is 10.5. The molecule has 4 heteroatoms. The molecular formula is C15H23N3S. The molecule has 2 heterocycles. The van der Waals surface area contributed by atoms with E-state index in [0.29, 0.717) is 12.0 Å². The maximum atomic E-state index is 4.49. The molecular weight excluding hydrogens is 254 g/mol. The zero-order valence-corrected chi connectivity index (χ0v) is 13.0. The van der Waals surface area contributed by atoms with Gasteiger partial charge in [0.05, 0.1) is 11.4 Å². The summed E-state index contributed by atoms with van der Waals surface area (Å²) in [5, 5.41) is 10.3. The Bertz CT molecular complexity index is 499. The molecule has 0 aliphatic carbocycles. The lowest BCUT2D eigenvalue weighted by Crippen LogP contribution is -2.25. The van der Waals surface area contributed by atoms with Crippen LogP contribution in [0.1, 0.15) is 43.1 Å². The average Bonchev–Trinajstić information content (AvgIpc) is 2.98. The van der Waals surface area contributed by atoms with Crippen LogP contribution in [0.15, 0.2) is 23.6 Å². The number of hydrogen-bond acceptors (Lipinski definition) is 3. The molecule has 0 aromatic carbocycles. The predicted octanol–water partition coefficient (Wildman–Crippen LogP) is 3.76. The molecule has 0 amide bonds. The van der Waals surface area contributed by atoms with Crippen LogP contribution in [0.2, 0.25) is 0 Å². The van der Waals surface area contributed by atoms with Crippen molar-refractivity contribution in [2.45, 2.75) is 46.8 Å². The van der Waals surface area contributed by atoms with Crippen molar-refractivity contribution in [3.63, 3.8) is 0 Å². The fourth-order valence-corrected chi connectivity index (χ4v) is 3.34. The summed E-state index contributed by atoms with van der Waals surface area (Å²) in [6, 6.07) is 6.92. The van der Waals surface area contributed by atoms with Gasteiger partial charge in [0.25, 0.3) is 0 Å². The average molecular weight is 277 g/mol. The molecule has 0 saturated heterocycles. The Kier molecular flexibility index (Phi) is 4.77. The highest BCUT2D eigenvalue weighted by molar-refractivity contribution is 7.10. The van der Waals surface area contributed by atoms with E-state index >= 15 is 0 Å². The van der Waals surface area contributed by atoms with Crippen LogP contribution in [0.4, 0.5) is 0 Å². The fraction of sp³-hybridized carbons (Fsp3) is 0.533. The van der Waals surface area contributed by atoms with Gasteiger partial charge in [-0.3, -0.25) is 4.68 Å². The van der Waals surface area contributed by atoms with Crippen LogP contribution in [0.5, 0.6) is 0 Å². The molecule has 1 N–H and O–H groups in total. The summed E-state index contributed by atoms with van der Waals surface area (Å²) in [5.74, 6) is 0.581. The van der Waals surface area contributed by atoms with E-state index in [1.165, 1.54) is 10.6 Å². The molecule has 104 valence electrons. The number of nitrogens with zero attached hydrogens (tertiary/aromatic N) is 2. The zero-order chi connectivity index (χ0) is 13.8. The standard InChI is InChI=1S/C15H23N3S/c1-5-18-13(9-12(4)17-18)10-16-15(11(2)3)14-7-6-8-19-14/h6-9,11,15-16H,5,10H2,1-4H3. The van der Waals surface area contributed by atoms with Gasteiger partial charge in [-0.15, -0.1) is 11.3 Å². The Hall–Kier alpha value is -1.13. The molecule has 1 unspecified atom stereocenters. The van der Waals surface area contributed by atoms with E-state index in [1.807, 2.05) is 11.3 Å². The first-order valence-corrected chi connectivity index (χ1v) is 7.80. The van der Waals surface area contributed by atoms with Crippen molar-refractivity contribution < 1.29 is 0 Å². The summed E-state index contributed by atoms with van der Waals surface area (Å²) in [6.07, 6.45) is 0. The third kappa shape index (κ3) is 3.45. The van der Waals surface area contributed by atoms with Crippen LogP contribution in [-0.2, 0) is 13.1 Å². The topological polar surface area (TPSA) is 29.9 Å². The summed E-state index contributed by atoms with van der Waals surface area (Å²) in [7, 11) is 0. The number of hydrogen-bond donors (Lipinski definition) is 1. The highest BCUT2D eigenvalue weighted by Crippen LogP contribution is 2.26. The molecule has 0 spiro atoms. The molecule has 0 bridgehead atoms. The monoisotopic (exact) mass is 277 g/mol. The van der Waals surface area contributed by atoms with Crippen molar-refractivity contribution in [2.24, 2.45) is 5.92 Å². The molecule has 0 fully saturated rings. The van der Waals surface area contributed by atoms with Crippen LogP contribution < -0.4 is 5.32 Å². The molecule has 0 aliphatic rings. The minimum Gasteiger partial charge on any atom is -0.303 e. The second kappa shape index (κ2) is 6.35. The van der Waals surface area contributed by atoms with Crippen LogP contribution >= 0.6 is 11.3 Å². The molecule has 1 atom stereocenters. The molecule has 2 rings (SSSR count). The van der Waals surface area contributed by atoms with Gasteiger partial charge in [-0.05, 0) is 37.3 Å². The summed E-state index contributed by atoms with van der Waals surface area (Å²) >= 11 is 1.82. The van der Waals surface area contributed by atoms with E-state index in [1.54, 1.807) is 0 Å². The van der Waals surface area contributed by atoms with Gasteiger partial charge in [-0.25, -0.2) is 0 Å². The molecule has 19 heavy (non-hydrogen) atoms. The van der Waals surface area contributed by atoms with Gasteiger partial charge >= 0.3 is 0 Å². The maximum absolute atomic E-state index is 4.49. The van der Waals surface area contributed by atoms with Crippen molar-refractivity contribution in [3.8, 4) is 0 Å². The first-order chi connectivity index (χ1) is 9.11. The number of aromatic nitrogens is 2. The number of nitrogens with one attached hydrogen (secondary N) is 1.